The summed E-state index contributed by atoms with van der Waals surface area (Å²) in [4.78, 5) is 19.1. The highest BCUT2D eigenvalue weighted by Crippen LogP contribution is 2.18. The number of aromatic nitrogens is 1. The lowest BCUT2D eigenvalue weighted by Gasteiger charge is -2.35. The first-order chi connectivity index (χ1) is 9.37. The first kappa shape index (κ1) is 14.8. The van der Waals surface area contributed by atoms with Crippen molar-refractivity contribution in [1.82, 2.24) is 14.8 Å². The molecule has 0 aliphatic carbocycles. The molecule has 1 fully saturated rings. The number of nitrogens with zero attached hydrogens (tertiary/aromatic N) is 3. The van der Waals surface area contributed by atoms with Crippen molar-refractivity contribution in [3.8, 4) is 0 Å². The van der Waals surface area contributed by atoms with Crippen LogP contribution in [-0.2, 0) is 0 Å². The van der Waals surface area contributed by atoms with Crippen molar-refractivity contribution in [2.75, 3.05) is 32.7 Å². The average Bonchev–Trinajstić information content (AvgIpc) is 2.37. The predicted molar refractivity (Wildman–Crippen MR) is 67.4 cm³/mol. The van der Waals surface area contributed by atoms with Gasteiger partial charge in [0.25, 0.3) is 5.91 Å². The number of hydrogen-bond acceptors (Lipinski definition) is 3. The van der Waals surface area contributed by atoms with E-state index in [-0.39, 0.29) is 19.0 Å². The number of alkyl halides is 3. The van der Waals surface area contributed by atoms with Crippen molar-refractivity contribution in [2.24, 2.45) is 0 Å². The Labute approximate surface area is 115 Å². The summed E-state index contributed by atoms with van der Waals surface area (Å²) in [6.45, 7) is 2.00. The third-order valence-electron chi connectivity index (χ3n) is 3.31. The normalized spacial score (nSPS) is 17.3. The smallest absolute Gasteiger partial charge is 0.336 e. The molecule has 0 radical (unpaired) electrons. The molecule has 0 bridgehead atoms. The van der Waals surface area contributed by atoms with Crippen molar-refractivity contribution in [3.63, 3.8) is 0 Å². The van der Waals surface area contributed by atoms with Crippen LogP contribution in [0.4, 0.5) is 13.2 Å². The van der Waals surface area contributed by atoms with E-state index >= 15 is 0 Å². The van der Waals surface area contributed by atoms with Crippen LogP contribution in [0.1, 0.15) is 15.9 Å². The first-order valence-corrected chi connectivity index (χ1v) is 6.36. The van der Waals surface area contributed by atoms with E-state index < -0.39 is 12.7 Å². The van der Waals surface area contributed by atoms with E-state index in [1.165, 1.54) is 4.90 Å². The van der Waals surface area contributed by atoms with Gasteiger partial charge in [0.1, 0.15) is 0 Å². The molecular weight excluding hydrogens is 271 g/mol. The van der Waals surface area contributed by atoms with Crippen LogP contribution in [0.2, 0.25) is 0 Å². The first-order valence-electron chi connectivity index (χ1n) is 6.36. The second-order valence-electron chi connectivity index (χ2n) is 4.87. The van der Waals surface area contributed by atoms with E-state index in [2.05, 4.69) is 4.98 Å². The van der Waals surface area contributed by atoms with Crippen LogP contribution in [0.5, 0.6) is 0 Å². The zero-order valence-corrected chi connectivity index (χ0v) is 11.2. The highest BCUT2D eigenvalue weighted by molar-refractivity contribution is 5.95. The molecule has 1 aromatic heterocycles. The molecule has 4 nitrogen and oxygen atoms in total. The second kappa shape index (κ2) is 5.78. The molecule has 0 spiro atoms. The fourth-order valence-electron chi connectivity index (χ4n) is 2.25. The highest BCUT2D eigenvalue weighted by atomic mass is 19.4. The molecule has 2 rings (SSSR count). The predicted octanol–water partition coefficient (Wildman–Crippen LogP) is 1.71. The summed E-state index contributed by atoms with van der Waals surface area (Å²) in [7, 11) is 0. The minimum atomic E-state index is -4.19. The van der Waals surface area contributed by atoms with Crippen LogP contribution in [0.15, 0.2) is 18.5 Å². The van der Waals surface area contributed by atoms with Gasteiger partial charge in [-0.2, -0.15) is 13.2 Å². The van der Waals surface area contributed by atoms with Gasteiger partial charge in [-0.3, -0.25) is 14.7 Å². The van der Waals surface area contributed by atoms with Gasteiger partial charge in [0.2, 0.25) is 0 Å². The van der Waals surface area contributed by atoms with Gasteiger partial charge in [0.15, 0.2) is 0 Å². The molecule has 20 heavy (non-hydrogen) atoms. The number of carbonyl (C=O) groups is 1. The quantitative estimate of drug-likeness (QED) is 0.831. The third kappa shape index (κ3) is 3.69. The maximum atomic E-state index is 12.3. The maximum Gasteiger partial charge on any atom is 0.401 e. The molecule has 0 saturated carbocycles. The minimum absolute atomic E-state index is 0.142. The van der Waals surface area contributed by atoms with Gasteiger partial charge in [-0.15, -0.1) is 0 Å². The molecule has 7 heteroatoms. The van der Waals surface area contributed by atoms with E-state index in [4.69, 9.17) is 0 Å². The molecule has 2 heterocycles. The van der Waals surface area contributed by atoms with Crippen LogP contribution in [-0.4, -0.2) is 59.6 Å². The Balaban J connectivity index is 1.94. The molecule has 0 atom stereocenters. The van der Waals surface area contributed by atoms with Crippen molar-refractivity contribution in [1.29, 1.82) is 0 Å². The van der Waals surface area contributed by atoms with Crippen molar-refractivity contribution >= 4 is 5.91 Å². The largest absolute Gasteiger partial charge is 0.401 e. The van der Waals surface area contributed by atoms with E-state index in [0.29, 0.717) is 18.7 Å². The number of halogens is 3. The van der Waals surface area contributed by atoms with E-state index in [1.54, 1.807) is 30.3 Å². The number of carbonyl (C=O) groups excluding carboxylic acids is 1. The molecule has 0 N–H and O–H groups in total. The summed E-state index contributed by atoms with van der Waals surface area (Å²) in [5.41, 5.74) is 1.33. The molecule has 1 saturated heterocycles. The maximum absolute atomic E-state index is 12.3. The van der Waals surface area contributed by atoms with Crippen molar-refractivity contribution < 1.29 is 18.0 Å². The molecule has 1 aromatic rings. The lowest BCUT2D eigenvalue weighted by Crippen LogP contribution is -2.51. The summed E-state index contributed by atoms with van der Waals surface area (Å²) in [5.74, 6) is -0.142. The van der Waals surface area contributed by atoms with Crippen molar-refractivity contribution in [3.05, 3.63) is 29.6 Å². The standard InChI is InChI=1S/C13H16F3N3O/c1-10-8-17-3-2-11(10)12(20)19-6-4-18(5-7-19)9-13(14,15)16/h2-3,8H,4-7,9H2,1H3. The molecule has 1 amide bonds. The van der Waals surface area contributed by atoms with Gasteiger partial charge in [0.05, 0.1) is 6.54 Å². The van der Waals surface area contributed by atoms with Crippen LogP contribution in [0.25, 0.3) is 0 Å². The van der Waals surface area contributed by atoms with Gasteiger partial charge in [0, 0.05) is 44.1 Å². The average molecular weight is 287 g/mol. The summed E-state index contributed by atoms with van der Waals surface area (Å²) < 4.78 is 36.9. The lowest BCUT2D eigenvalue weighted by atomic mass is 10.1. The van der Waals surface area contributed by atoms with Gasteiger partial charge < -0.3 is 4.90 Å². The van der Waals surface area contributed by atoms with Crippen molar-refractivity contribution in [2.45, 2.75) is 13.1 Å². The summed E-state index contributed by atoms with van der Waals surface area (Å²) >= 11 is 0. The Morgan fingerprint density at radius 1 is 1.30 bits per heavy atom. The van der Waals surface area contributed by atoms with E-state index in [9.17, 15) is 18.0 Å². The molecule has 0 unspecified atom stereocenters. The molecule has 1 aliphatic heterocycles. The Morgan fingerprint density at radius 3 is 2.50 bits per heavy atom. The lowest BCUT2D eigenvalue weighted by molar-refractivity contribution is -0.148. The van der Waals surface area contributed by atoms with Crippen LogP contribution in [0.3, 0.4) is 0 Å². The molecule has 0 aromatic carbocycles. The number of aryl methyl sites for hydroxylation is 1. The summed E-state index contributed by atoms with van der Waals surface area (Å²) in [6, 6.07) is 1.64. The Hall–Kier alpha value is -1.63. The minimum Gasteiger partial charge on any atom is -0.336 e. The fraction of sp³-hybridized carbons (Fsp3) is 0.538. The highest BCUT2D eigenvalue weighted by Gasteiger charge is 2.33. The van der Waals surface area contributed by atoms with Gasteiger partial charge in [-0.1, -0.05) is 0 Å². The number of piperazine rings is 1. The summed E-state index contributed by atoms with van der Waals surface area (Å²) in [5, 5.41) is 0. The monoisotopic (exact) mass is 287 g/mol. The SMILES string of the molecule is Cc1cnccc1C(=O)N1CCN(CC(F)(F)F)CC1. The zero-order chi connectivity index (χ0) is 14.8. The van der Waals surface area contributed by atoms with E-state index in [1.807, 2.05) is 0 Å². The number of amides is 1. The Kier molecular flexibility index (Phi) is 4.27. The fourth-order valence-corrected chi connectivity index (χ4v) is 2.25. The van der Waals surface area contributed by atoms with Crippen LogP contribution >= 0.6 is 0 Å². The third-order valence-corrected chi connectivity index (χ3v) is 3.31. The van der Waals surface area contributed by atoms with Gasteiger partial charge >= 0.3 is 6.18 Å². The Morgan fingerprint density at radius 2 is 1.95 bits per heavy atom. The van der Waals surface area contributed by atoms with Gasteiger partial charge in [-0.05, 0) is 18.6 Å². The number of hydrogen-bond donors (Lipinski definition) is 0. The second-order valence-corrected chi connectivity index (χ2v) is 4.87. The van der Waals surface area contributed by atoms with Crippen LogP contribution < -0.4 is 0 Å². The topological polar surface area (TPSA) is 36.4 Å². The summed E-state index contributed by atoms with van der Waals surface area (Å²) in [6.07, 6.45) is -1.04. The van der Waals surface area contributed by atoms with E-state index in [0.717, 1.165) is 5.56 Å². The van der Waals surface area contributed by atoms with Crippen LogP contribution in [0, 0.1) is 6.92 Å². The molecule has 1 aliphatic rings. The number of rotatable bonds is 2. The number of pyridine rings is 1. The van der Waals surface area contributed by atoms with Gasteiger partial charge in [-0.25, -0.2) is 0 Å². The Bertz CT molecular complexity index is 482. The molecular formula is C13H16F3N3O. The molecule has 110 valence electrons. The zero-order valence-electron chi connectivity index (χ0n) is 11.2.